The van der Waals surface area contributed by atoms with Gasteiger partial charge in [-0.3, -0.25) is 4.79 Å². The molecule has 0 amide bonds. The second-order valence-corrected chi connectivity index (χ2v) is 4.43. The Labute approximate surface area is 118 Å². The summed E-state index contributed by atoms with van der Waals surface area (Å²) in [5.74, 6) is -1.37. The van der Waals surface area contributed by atoms with Crippen LogP contribution in [0, 0.1) is 12.7 Å². The minimum Gasteiger partial charge on any atom is -0.464 e. The number of nitrogens with zero attached hydrogens (tertiary/aromatic N) is 2. The predicted octanol–water partition coefficient (Wildman–Crippen LogP) is 2.12. The zero-order valence-corrected chi connectivity index (χ0v) is 11.4. The van der Waals surface area contributed by atoms with E-state index in [4.69, 9.17) is 11.6 Å². The molecule has 1 aromatic heterocycles. The highest BCUT2D eigenvalue weighted by Gasteiger charge is 2.17. The summed E-state index contributed by atoms with van der Waals surface area (Å²) < 4.78 is 19.0. The third kappa shape index (κ3) is 2.55. The van der Waals surface area contributed by atoms with Gasteiger partial charge in [-0.1, -0.05) is 11.6 Å². The van der Waals surface area contributed by atoms with Crippen LogP contribution < -0.4 is 5.43 Å². The van der Waals surface area contributed by atoms with Gasteiger partial charge in [-0.15, -0.1) is 0 Å². The molecule has 0 spiro atoms. The van der Waals surface area contributed by atoms with Crippen molar-refractivity contribution in [3.63, 3.8) is 0 Å². The van der Waals surface area contributed by atoms with Crippen LogP contribution in [0.5, 0.6) is 0 Å². The topological polar surface area (TPSA) is 61.2 Å². The zero-order chi connectivity index (χ0) is 14.9. The maximum Gasteiger partial charge on any atom is 0.362 e. The molecule has 7 heteroatoms. The van der Waals surface area contributed by atoms with Crippen molar-refractivity contribution in [1.29, 1.82) is 0 Å². The normalized spacial score (nSPS) is 10.4. The summed E-state index contributed by atoms with van der Waals surface area (Å²) in [6.07, 6.45) is 1.37. The number of carbonyl (C=O) groups excluding carboxylic acids is 1. The Morgan fingerprint density at radius 2 is 2.15 bits per heavy atom. The van der Waals surface area contributed by atoms with E-state index in [1.54, 1.807) is 0 Å². The van der Waals surface area contributed by atoms with Crippen LogP contribution in [-0.4, -0.2) is 22.9 Å². The maximum absolute atomic E-state index is 13.3. The number of ether oxygens (including phenoxy) is 1. The first-order valence-corrected chi connectivity index (χ1v) is 5.96. The highest BCUT2D eigenvalue weighted by Crippen LogP contribution is 2.20. The number of methoxy groups -OCH3 is 1. The lowest BCUT2D eigenvalue weighted by atomic mass is 10.2. The van der Waals surface area contributed by atoms with Gasteiger partial charge in [0.25, 0.3) is 0 Å². The van der Waals surface area contributed by atoms with E-state index in [9.17, 15) is 14.0 Å². The average Bonchev–Trinajstić information content (AvgIpc) is 2.43. The van der Waals surface area contributed by atoms with E-state index in [1.807, 2.05) is 0 Å². The van der Waals surface area contributed by atoms with Crippen LogP contribution in [0.1, 0.15) is 16.1 Å². The number of hydrogen-bond donors (Lipinski definition) is 0. The highest BCUT2D eigenvalue weighted by atomic mass is 35.5. The van der Waals surface area contributed by atoms with Crippen LogP contribution in [0.2, 0.25) is 5.02 Å². The van der Waals surface area contributed by atoms with E-state index in [2.05, 4.69) is 9.84 Å². The number of rotatable bonds is 2. The fourth-order valence-electron chi connectivity index (χ4n) is 1.63. The van der Waals surface area contributed by atoms with Crippen LogP contribution in [-0.2, 0) is 4.74 Å². The van der Waals surface area contributed by atoms with E-state index in [-0.39, 0.29) is 22.0 Å². The molecule has 0 aliphatic rings. The van der Waals surface area contributed by atoms with E-state index in [0.717, 1.165) is 13.2 Å². The van der Waals surface area contributed by atoms with Crippen molar-refractivity contribution in [3.8, 4) is 5.69 Å². The molecule has 0 saturated carbocycles. The van der Waals surface area contributed by atoms with E-state index >= 15 is 0 Å². The van der Waals surface area contributed by atoms with Gasteiger partial charge in [-0.2, -0.15) is 5.10 Å². The van der Waals surface area contributed by atoms with Crippen LogP contribution in [0.3, 0.4) is 0 Å². The van der Waals surface area contributed by atoms with Gasteiger partial charge in [0, 0.05) is 17.8 Å². The predicted molar refractivity (Wildman–Crippen MR) is 70.9 cm³/mol. The first kappa shape index (κ1) is 14.2. The molecule has 2 rings (SSSR count). The third-order valence-corrected chi connectivity index (χ3v) is 2.95. The number of aromatic nitrogens is 2. The zero-order valence-electron chi connectivity index (χ0n) is 10.7. The Kier molecular flexibility index (Phi) is 3.85. The maximum atomic E-state index is 13.3. The van der Waals surface area contributed by atoms with Crippen molar-refractivity contribution in [2.75, 3.05) is 7.11 Å². The SMILES string of the molecule is COC(=O)c1nn(-c2cc(F)ccc2Cl)cc(C)c1=O. The van der Waals surface area contributed by atoms with Gasteiger partial charge in [0.15, 0.2) is 0 Å². The van der Waals surface area contributed by atoms with Gasteiger partial charge < -0.3 is 4.74 Å². The summed E-state index contributed by atoms with van der Waals surface area (Å²) in [6.45, 7) is 1.51. The molecule has 0 radical (unpaired) electrons. The van der Waals surface area contributed by atoms with Gasteiger partial charge in [-0.25, -0.2) is 13.9 Å². The number of hydrogen-bond acceptors (Lipinski definition) is 4. The first-order valence-electron chi connectivity index (χ1n) is 5.58. The van der Waals surface area contributed by atoms with Crippen LogP contribution >= 0.6 is 11.6 Å². The fraction of sp³-hybridized carbons (Fsp3) is 0.154. The molecule has 0 atom stereocenters. The molecule has 0 saturated heterocycles. The molecular formula is C13H10ClFN2O3. The standard InChI is InChI=1S/C13H10ClFN2O3/c1-7-6-17(10-5-8(15)3-4-9(10)14)16-11(12(7)18)13(19)20-2/h3-6H,1-2H3. The lowest BCUT2D eigenvalue weighted by Gasteiger charge is -2.10. The quantitative estimate of drug-likeness (QED) is 0.797. The molecular weight excluding hydrogens is 287 g/mol. The van der Waals surface area contributed by atoms with Gasteiger partial charge in [0.05, 0.1) is 17.8 Å². The molecule has 2 aromatic rings. The Morgan fingerprint density at radius 1 is 1.45 bits per heavy atom. The second kappa shape index (κ2) is 5.42. The molecule has 0 bridgehead atoms. The molecule has 0 aliphatic heterocycles. The van der Waals surface area contributed by atoms with E-state index in [0.29, 0.717) is 0 Å². The molecule has 5 nitrogen and oxygen atoms in total. The average molecular weight is 297 g/mol. The van der Waals surface area contributed by atoms with Crippen LogP contribution in [0.25, 0.3) is 5.69 Å². The summed E-state index contributed by atoms with van der Waals surface area (Å²) in [5, 5.41) is 4.09. The number of halogens is 2. The summed E-state index contributed by atoms with van der Waals surface area (Å²) >= 11 is 5.97. The van der Waals surface area contributed by atoms with Crippen molar-refractivity contribution in [1.82, 2.24) is 9.78 Å². The smallest absolute Gasteiger partial charge is 0.362 e. The summed E-state index contributed by atoms with van der Waals surface area (Å²) in [6, 6.07) is 3.71. The Balaban J connectivity index is 2.70. The van der Waals surface area contributed by atoms with Crippen molar-refractivity contribution >= 4 is 17.6 Å². The number of carbonyl (C=O) groups is 1. The molecule has 0 fully saturated rings. The van der Waals surface area contributed by atoms with Crippen molar-refractivity contribution in [2.24, 2.45) is 0 Å². The van der Waals surface area contributed by atoms with Gasteiger partial charge in [-0.05, 0) is 19.1 Å². The van der Waals surface area contributed by atoms with Crippen LogP contribution in [0.4, 0.5) is 4.39 Å². The highest BCUT2D eigenvalue weighted by molar-refractivity contribution is 6.32. The Bertz CT molecular complexity index is 743. The number of esters is 1. The number of benzene rings is 1. The van der Waals surface area contributed by atoms with Crippen molar-refractivity contribution in [3.05, 3.63) is 56.7 Å². The minimum absolute atomic E-state index is 0.222. The summed E-state index contributed by atoms with van der Waals surface area (Å²) in [4.78, 5) is 23.3. The molecule has 0 N–H and O–H groups in total. The minimum atomic E-state index is -0.861. The summed E-state index contributed by atoms with van der Waals surface area (Å²) in [5.41, 5.74) is -0.436. The van der Waals surface area contributed by atoms with Crippen molar-refractivity contribution < 1.29 is 13.9 Å². The molecule has 0 aliphatic carbocycles. The monoisotopic (exact) mass is 296 g/mol. The van der Waals surface area contributed by atoms with E-state index < -0.39 is 17.2 Å². The molecule has 20 heavy (non-hydrogen) atoms. The fourth-order valence-corrected chi connectivity index (χ4v) is 1.83. The van der Waals surface area contributed by atoms with Crippen molar-refractivity contribution in [2.45, 2.75) is 6.92 Å². The molecule has 1 heterocycles. The van der Waals surface area contributed by atoms with Gasteiger partial charge in [0.1, 0.15) is 5.82 Å². The lowest BCUT2D eigenvalue weighted by Crippen LogP contribution is -2.24. The van der Waals surface area contributed by atoms with E-state index in [1.165, 1.54) is 29.9 Å². The number of aryl methyl sites for hydroxylation is 1. The largest absolute Gasteiger partial charge is 0.464 e. The molecule has 104 valence electrons. The molecule has 0 unspecified atom stereocenters. The Hall–Kier alpha value is -2.21. The first-order chi connectivity index (χ1) is 9.43. The summed E-state index contributed by atoms with van der Waals surface area (Å²) in [7, 11) is 1.14. The second-order valence-electron chi connectivity index (χ2n) is 4.02. The van der Waals surface area contributed by atoms with Crippen LogP contribution in [0.15, 0.2) is 29.2 Å². The third-order valence-electron chi connectivity index (χ3n) is 2.63. The van der Waals surface area contributed by atoms with Gasteiger partial charge in [0.2, 0.25) is 11.1 Å². The molecule has 1 aromatic carbocycles. The lowest BCUT2D eigenvalue weighted by molar-refractivity contribution is 0.0590. The van der Waals surface area contributed by atoms with Gasteiger partial charge >= 0.3 is 5.97 Å². The Morgan fingerprint density at radius 3 is 2.80 bits per heavy atom.